The van der Waals surface area contributed by atoms with Gasteiger partial charge in [0.05, 0.1) is 4.90 Å². The van der Waals surface area contributed by atoms with Crippen LogP contribution in [0.1, 0.15) is 36.9 Å². The first-order chi connectivity index (χ1) is 11.3. The van der Waals surface area contributed by atoms with Crippen molar-refractivity contribution in [3.63, 3.8) is 0 Å². The Morgan fingerprint density at radius 3 is 2.04 bits per heavy atom. The van der Waals surface area contributed by atoms with Crippen molar-refractivity contribution in [1.82, 2.24) is 9.62 Å². The van der Waals surface area contributed by atoms with E-state index in [4.69, 9.17) is 0 Å². The summed E-state index contributed by atoms with van der Waals surface area (Å²) in [5.41, 5.74) is 2.39. The van der Waals surface area contributed by atoms with Crippen LogP contribution in [0.2, 0.25) is 0 Å². The number of hydrogen-bond acceptors (Lipinski definition) is 3. The number of rotatable bonds is 7. The molecule has 4 nitrogen and oxygen atoms in total. The number of nitrogens with one attached hydrogen (secondary N) is 1. The van der Waals surface area contributed by atoms with E-state index in [-0.39, 0.29) is 6.04 Å². The Morgan fingerprint density at radius 2 is 1.50 bits per heavy atom. The van der Waals surface area contributed by atoms with Gasteiger partial charge >= 0.3 is 0 Å². The smallest absolute Gasteiger partial charge is 0.242 e. The predicted molar refractivity (Wildman–Crippen MR) is 98.6 cm³/mol. The van der Waals surface area contributed by atoms with Crippen molar-refractivity contribution in [2.45, 2.75) is 30.7 Å². The second-order valence-electron chi connectivity index (χ2n) is 6.30. The fourth-order valence-corrected chi connectivity index (χ4v) is 3.41. The first-order valence-corrected chi connectivity index (χ1v) is 9.57. The molecule has 0 heterocycles. The quantitative estimate of drug-likeness (QED) is 0.836. The molecule has 0 spiro atoms. The van der Waals surface area contributed by atoms with Crippen LogP contribution in [-0.2, 0) is 10.0 Å². The molecule has 0 unspecified atom stereocenters. The fourth-order valence-electron chi connectivity index (χ4n) is 2.51. The minimum atomic E-state index is -3.37. The number of benzene rings is 2. The van der Waals surface area contributed by atoms with Gasteiger partial charge in [0.1, 0.15) is 0 Å². The van der Waals surface area contributed by atoms with Crippen LogP contribution in [0.3, 0.4) is 0 Å². The van der Waals surface area contributed by atoms with Gasteiger partial charge in [0.25, 0.3) is 0 Å². The summed E-state index contributed by atoms with van der Waals surface area (Å²) in [6, 6.07) is 17.7. The first kappa shape index (κ1) is 18.6. The normalized spacial score (nSPS) is 14.5. The summed E-state index contributed by atoms with van der Waals surface area (Å²) in [5.74, 6) is 0.419. The highest BCUT2D eigenvalue weighted by molar-refractivity contribution is 7.89. The van der Waals surface area contributed by atoms with E-state index in [0.29, 0.717) is 10.8 Å². The highest BCUT2D eigenvalue weighted by atomic mass is 32.2. The van der Waals surface area contributed by atoms with Crippen LogP contribution in [0.15, 0.2) is 59.5 Å². The largest absolute Gasteiger partial charge is 0.310 e. The summed E-state index contributed by atoms with van der Waals surface area (Å²) >= 11 is 0. The van der Waals surface area contributed by atoms with Crippen LogP contribution in [0.5, 0.6) is 0 Å². The molecule has 0 aliphatic rings. The summed E-state index contributed by atoms with van der Waals surface area (Å²) in [4.78, 5) is 0.320. The molecular formula is C19H26N2O2S. The topological polar surface area (TPSA) is 49.4 Å². The van der Waals surface area contributed by atoms with Crippen molar-refractivity contribution >= 4 is 10.0 Å². The third kappa shape index (κ3) is 4.44. The first-order valence-electron chi connectivity index (χ1n) is 8.13. The van der Waals surface area contributed by atoms with E-state index >= 15 is 0 Å². The highest BCUT2D eigenvalue weighted by Gasteiger charge is 2.17. The van der Waals surface area contributed by atoms with Crippen molar-refractivity contribution in [3.05, 3.63) is 65.7 Å². The zero-order chi connectivity index (χ0) is 17.7. The predicted octanol–water partition coefficient (Wildman–Crippen LogP) is 3.39. The minimum absolute atomic E-state index is 0.160. The minimum Gasteiger partial charge on any atom is -0.310 e. The molecule has 5 heteroatoms. The van der Waals surface area contributed by atoms with E-state index in [0.717, 1.165) is 12.1 Å². The molecular weight excluding hydrogens is 320 g/mol. The molecule has 0 saturated carbocycles. The average molecular weight is 346 g/mol. The summed E-state index contributed by atoms with van der Waals surface area (Å²) in [6.07, 6.45) is 0. The zero-order valence-corrected chi connectivity index (χ0v) is 15.5. The second-order valence-corrected chi connectivity index (χ2v) is 8.45. The molecule has 2 aromatic rings. The second kappa shape index (κ2) is 7.92. The number of hydrogen-bond donors (Lipinski definition) is 1. The Balaban J connectivity index is 1.99. The van der Waals surface area contributed by atoms with Crippen LogP contribution in [0.25, 0.3) is 0 Å². The summed E-state index contributed by atoms with van der Waals surface area (Å²) < 4.78 is 25.4. The van der Waals surface area contributed by atoms with E-state index in [2.05, 4.69) is 43.4 Å². The molecule has 0 aliphatic heterocycles. The van der Waals surface area contributed by atoms with Crippen LogP contribution >= 0.6 is 0 Å². The van der Waals surface area contributed by atoms with E-state index in [1.165, 1.54) is 9.87 Å². The molecule has 0 aliphatic carbocycles. The number of nitrogens with zero attached hydrogens (tertiary/aromatic N) is 1. The summed E-state index contributed by atoms with van der Waals surface area (Å²) in [7, 11) is -0.288. The maximum Gasteiger partial charge on any atom is 0.242 e. The van der Waals surface area contributed by atoms with E-state index < -0.39 is 10.0 Å². The number of sulfonamides is 1. The van der Waals surface area contributed by atoms with Gasteiger partial charge in [0, 0.05) is 26.7 Å². The Morgan fingerprint density at radius 1 is 0.917 bits per heavy atom. The monoisotopic (exact) mass is 346 g/mol. The van der Waals surface area contributed by atoms with E-state index in [9.17, 15) is 8.42 Å². The van der Waals surface area contributed by atoms with Crippen molar-refractivity contribution in [2.75, 3.05) is 20.6 Å². The fraction of sp³-hybridized carbons (Fsp3) is 0.368. The van der Waals surface area contributed by atoms with Crippen molar-refractivity contribution in [2.24, 2.45) is 0 Å². The summed E-state index contributed by atoms with van der Waals surface area (Å²) in [5, 5.41) is 3.52. The summed E-state index contributed by atoms with van der Waals surface area (Å²) in [6.45, 7) is 5.15. The van der Waals surface area contributed by atoms with Crippen LogP contribution in [0, 0.1) is 0 Å². The zero-order valence-electron chi connectivity index (χ0n) is 14.7. The highest BCUT2D eigenvalue weighted by Crippen LogP contribution is 2.19. The van der Waals surface area contributed by atoms with Gasteiger partial charge < -0.3 is 5.32 Å². The Labute approximate surface area is 145 Å². The van der Waals surface area contributed by atoms with Gasteiger partial charge in [-0.1, -0.05) is 49.4 Å². The molecule has 2 aromatic carbocycles. The molecule has 1 N–H and O–H groups in total. The third-order valence-electron chi connectivity index (χ3n) is 4.26. The molecule has 0 aromatic heterocycles. The molecule has 0 radical (unpaired) electrons. The van der Waals surface area contributed by atoms with Gasteiger partial charge in [0.15, 0.2) is 0 Å². The van der Waals surface area contributed by atoms with Crippen LogP contribution < -0.4 is 5.32 Å². The molecule has 0 bridgehead atoms. The lowest BCUT2D eigenvalue weighted by molar-refractivity contribution is 0.520. The van der Waals surface area contributed by atoms with Crippen molar-refractivity contribution in [1.29, 1.82) is 0 Å². The molecule has 130 valence electrons. The van der Waals surface area contributed by atoms with Crippen LogP contribution in [0.4, 0.5) is 0 Å². The molecule has 2 atom stereocenters. The van der Waals surface area contributed by atoms with Gasteiger partial charge in [-0.05, 0) is 36.1 Å². The Bertz CT molecular complexity index is 741. The lowest BCUT2D eigenvalue weighted by atomic mass is 10.0. The molecule has 0 saturated heterocycles. The maximum atomic E-state index is 12.1. The van der Waals surface area contributed by atoms with Gasteiger partial charge in [-0.3, -0.25) is 0 Å². The third-order valence-corrected chi connectivity index (χ3v) is 6.09. The van der Waals surface area contributed by atoms with Gasteiger partial charge in [-0.15, -0.1) is 0 Å². The molecule has 24 heavy (non-hydrogen) atoms. The molecule has 2 rings (SSSR count). The molecule has 0 fully saturated rings. The lowest BCUT2D eigenvalue weighted by Gasteiger charge is -2.19. The van der Waals surface area contributed by atoms with Gasteiger partial charge in [-0.2, -0.15) is 0 Å². The average Bonchev–Trinajstić information content (AvgIpc) is 2.60. The Hall–Kier alpha value is -1.69. The van der Waals surface area contributed by atoms with Crippen molar-refractivity contribution in [3.8, 4) is 0 Å². The van der Waals surface area contributed by atoms with Crippen molar-refractivity contribution < 1.29 is 8.42 Å². The lowest BCUT2D eigenvalue weighted by Crippen LogP contribution is -2.24. The van der Waals surface area contributed by atoms with Crippen LogP contribution in [-0.4, -0.2) is 33.4 Å². The van der Waals surface area contributed by atoms with Gasteiger partial charge in [-0.25, -0.2) is 12.7 Å². The van der Waals surface area contributed by atoms with Gasteiger partial charge in [0.2, 0.25) is 10.0 Å². The van der Waals surface area contributed by atoms with E-state index in [1.54, 1.807) is 26.2 Å². The standard InChI is InChI=1S/C19H26N2O2S/c1-15(17-8-6-5-7-9-17)14-20-16(2)18-10-12-19(13-11-18)24(22,23)21(3)4/h5-13,15-16,20H,14H2,1-4H3/t15-,16-/m0/s1. The SMILES string of the molecule is C[C@H](NC[C@H](C)c1ccccc1)c1ccc(S(=O)(=O)N(C)C)cc1. The Kier molecular flexibility index (Phi) is 6.15. The van der Waals surface area contributed by atoms with E-state index in [1.807, 2.05) is 18.2 Å². The molecule has 0 amide bonds. The maximum absolute atomic E-state index is 12.1.